The summed E-state index contributed by atoms with van der Waals surface area (Å²) in [7, 11) is 3.65. The number of quaternary nitrogens is 1. The molecule has 4 rings (SSSR count). The molecule has 0 aromatic heterocycles. The highest BCUT2D eigenvalue weighted by Gasteiger charge is 2.57. The molecule has 3 aliphatic rings. The lowest BCUT2D eigenvalue weighted by atomic mass is 9.52. The second-order valence-electron chi connectivity index (χ2n) is 7.45. The van der Waals surface area contributed by atoms with Crippen LogP contribution < -0.4 is 4.74 Å². The van der Waals surface area contributed by atoms with Crippen LogP contribution in [0.4, 0.5) is 0 Å². The molecule has 2 fully saturated rings. The summed E-state index contributed by atoms with van der Waals surface area (Å²) in [6.45, 7) is 0.776. The van der Waals surface area contributed by atoms with E-state index in [0.717, 1.165) is 25.1 Å². The number of nitrogens with zero attached hydrogens (tertiary/aromatic N) is 1. The van der Waals surface area contributed by atoms with E-state index >= 15 is 0 Å². The zero-order valence-electron chi connectivity index (χ0n) is 13.1. The van der Waals surface area contributed by atoms with E-state index in [9.17, 15) is 5.21 Å². The Morgan fingerprint density at radius 3 is 2.95 bits per heavy atom. The Morgan fingerprint density at radius 1 is 1.29 bits per heavy atom. The summed E-state index contributed by atoms with van der Waals surface area (Å²) in [4.78, 5) is 0. The lowest BCUT2D eigenvalue weighted by Crippen LogP contribution is -2.66. The molecule has 4 atom stereocenters. The van der Waals surface area contributed by atoms with Gasteiger partial charge in [-0.15, -0.1) is 0 Å². The molecule has 1 aliphatic heterocycles. The number of rotatable bonds is 1. The molecule has 1 aromatic carbocycles. The molecular formula is C18H25NO2. The van der Waals surface area contributed by atoms with Crippen LogP contribution in [0.2, 0.25) is 0 Å². The fourth-order valence-corrected chi connectivity index (χ4v) is 5.46. The zero-order chi connectivity index (χ0) is 14.7. The molecule has 2 bridgehead atoms. The van der Waals surface area contributed by atoms with Crippen molar-refractivity contribution < 1.29 is 9.38 Å². The topological polar surface area (TPSA) is 32.3 Å². The normalized spacial score (nSPS) is 41.1. The Bertz CT molecular complexity index is 568. The lowest BCUT2D eigenvalue weighted by molar-refractivity contribution is -0.899. The molecule has 0 amide bonds. The molecule has 3 heteroatoms. The van der Waals surface area contributed by atoms with Crippen molar-refractivity contribution in [1.82, 2.24) is 0 Å². The van der Waals surface area contributed by atoms with Crippen molar-refractivity contribution in [3.63, 3.8) is 0 Å². The Kier molecular flexibility index (Phi) is 2.89. The first-order chi connectivity index (χ1) is 10.1. The van der Waals surface area contributed by atoms with E-state index in [1.807, 2.05) is 7.05 Å². The number of ether oxygens (including phenoxy) is 1. The van der Waals surface area contributed by atoms with Gasteiger partial charge in [0.05, 0.1) is 26.7 Å². The molecular weight excluding hydrogens is 262 g/mol. The standard InChI is InChI=1S/C18H25NO2/c1-19(20)10-9-18-8-4-3-5-15(18)17(19)11-13-6-7-14(21-2)12-16(13)18/h6-7,12,15,17H,3-5,8-11H2,1-2H3/t15-,17+,18+,19?/m1/s1. The van der Waals surface area contributed by atoms with E-state index in [2.05, 4.69) is 18.2 Å². The number of fused-ring (bicyclic) bond motifs is 1. The van der Waals surface area contributed by atoms with Crippen LogP contribution in [-0.4, -0.2) is 31.4 Å². The van der Waals surface area contributed by atoms with Crippen LogP contribution in [-0.2, 0) is 11.8 Å². The quantitative estimate of drug-likeness (QED) is 0.586. The van der Waals surface area contributed by atoms with E-state index in [1.165, 1.54) is 36.8 Å². The minimum absolute atomic E-state index is 0.0299. The number of piperidine rings is 1. The molecule has 1 unspecified atom stereocenters. The third kappa shape index (κ3) is 1.80. The second-order valence-corrected chi connectivity index (χ2v) is 7.45. The van der Waals surface area contributed by atoms with Gasteiger partial charge in [0.1, 0.15) is 5.75 Å². The third-order valence-electron chi connectivity index (χ3n) is 6.55. The maximum atomic E-state index is 13.0. The van der Waals surface area contributed by atoms with Gasteiger partial charge in [-0.05, 0) is 36.1 Å². The second kappa shape index (κ2) is 4.47. The zero-order valence-corrected chi connectivity index (χ0v) is 13.1. The largest absolute Gasteiger partial charge is 0.633 e. The fourth-order valence-electron chi connectivity index (χ4n) is 5.46. The summed E-state index contributed by atoms with van der Waals surface area (Å²) in [6, 6.07) is 6.80. The van der Waals surface area contributed by atoms with E-state index in [1.54, 1.807) is 7.11 Å². The van der Waals surface area contributed by atoms with Gasteiger partial charge in [-0.3, -0.25) is 0 Å². The SMILES string of the molecule is COc1ccc2c(c1)[C@]13CCCC[C@@H]1[C@H](C2)[N+](C)([O-])CC3. The van der Waals surface area contributed by atoms with Crippen molar-refractivity contribution in [3.05, 3.63) is 34.5 Å². The number of hydrogen-bond donors (Lipinski definition) is 0. The van der Waals surface area contributed by atoms with Crippen molar-refractivity contribution in [1.29, 1.82) is 0 Å². The van der Waals surface area contributed by atoms with E-state index in [4.69, 9.17) is 4.74 Å². The minimum Gasteiger partial charge on any atom is -0.633 e. The number of methoxy groups -OCH3 is 1. The predicted octanol–water partition coefficient (Wildman–Crippen LogP) is 3.40. The number of benzene rings is 1. The van der Waals surface area contributed by atoms with Crippen LogP contribution >= 0.6 is 0 Å². The van der Waals surface area contributed by atoms with Crippen molar-refractivity contribution in [2.24, 2.45) is 5.92 Å². The smallest absolute Gasteiger partial charge is 0.119 e. The van der Waals surface area contributed by atoms with Gasteiger partial charge in [-0.1, -0.05) is 18.9 Å². The Balaban J connectivity index is 1.89. The van der Waals surface area contributed by atoms with Gasteiger partial charge in [-0.2, -0.15) is 0 Å². The summed E-state index contributed by atoms with van der Waals surface area (Å²) in [5.74, 6) is 1.54. The third-order valence-corrected chi connectivity index (χ3v) is 6.55. The maximum Gasteiger partial charge on any atom is 0.119 e. The number of likely N-dealkylation sites (tertiary alicyclic amines) is 1. The van der Waals surface area contributed by atoms with Gasteiger partial charge in [0.2, 0.25) is 0 Å². The highest BCUT2D eigenvalue weighted by molar-refractivity contribution is 5.45. The van der Waals surface area contributed by atoms with Crippen LogP contribution in [0.1, 0.15) is 43.2 Å². The summed E-state index contributed by atoms with van der Waals surface area (Å²) in [5, 5.41) is 13.0. The summed E-state index contributed by atoms with van der Waals surface area (Å²) < 4.78 is 5.44. The molecule has 1 heterocycles. The Morgan fingerprint density at radius 2 is 2.14 bits per heavy atom. The summed E-state index contributed by atoms with van der Waals surface area (Å²) in [6.07, 6.45) is 7.09. The maximum absolute atomic E-state index is 13.0. The van der Waals surface area contributed by atoms with Crippen molar-refractivity contribution in [2.45, 2.75) is 50.0 Å². The van der Waals surface area contributed by atoms with Crippen molar-refractivity contribution in [3.8, 4) is 5.75 Å². The molecule has 2 aliphatic carbocycles. The number of likely N-dealkylation sites (N-methyl/N-ethyl adjacent to an activating group) is 1. The van der Waals surface area contributed by atoms with Gasteiger partial charge in [-0.25, -0.2) is 0 Å². The number of hydrogen-bond acceptors (Lipinski definition) is 2. The molecule has 1 aromatic rings. The predicted molar refractivity (Wildman–Crippen MR) is 83.2 cm³/mol. The van der Waals surface area contributed by atoms with Gasteiger partial charge in [0.15, 0.2) is 0 Å². The van der Waals surface area contributed by atoms with Crippen LogP contribution in [0.5, 0.6) is 5.75 Å². The van der Waals surface area contributed by atoms with Gasteiger partial charge < -0.3 is 14.6 Å². The monoisotopic (exact) mass is 287 g/mol. The average molecular weight is 287 g/mol. The van der Waals surface area contributed by atoms with E-state index < -0.39 is 0 Å². The van der Waals surface area contributed by atoms with Crippen LogP contribution in [0, 0.1) is 11.1 Å². The first kappa shape index (κ1) is 13.6. The first-order valence-electron chi connectivity index (χ1n) is 8.30. The van der Waals surface area contributed by atoms with Crippen molar-refractivity contribution in [2.75, 3.05) is 20.7 Å². The van der Waals surface area contributed by atoms with E-state index in [-0.39, 0.29) is 16.1 Å². The molecule has 0 spiro atoms. The van der Waals surface area contributed by atoms with Crippen LogP contribution in [0.25, 0.3) is 0 Å². The fraction of sp³-hybridized carbons (Fsp3) is 0.667. The molecule has 1 saturated heterocycles. The highest BCUT2D eigenvalue weighted by Crippen LogP contribution is 2.57. The summed E-state index contributed by atoms with van der Waals surface area (Å²) in [5.41, 5.74) is 3.16. The average Bonchev–Trinajstić information content (AvgIpc) is 2.51. The molecule has 114 valence electrons. The van der Waals surface area contributed by atoms with Crippen LogP contribution in [0.15, 0.2) is 18.2 Å². The number of hydroxylamine groups is 3. The first-order valence-corrected chi connectivity index (χ1v) is 8.30. The lowest BCUT2D eigenvalue weighted by Gasteiger charge is -2.63. The molecule has 0 radical (unpaired) electrons. The van der Waals surface area contributed by atoms with Gasteiger partial charge in [0.25, 0.3) is 0 Å². The molecule has 1 saturated carbocycles. The highest BCUT2D eigenvalue weighted by atomic mass is 16.5. The van der Waals surface area contributed by atoms with Gasteiger partial charge >= 0.3 is 0 Å². The van der Waals surface area contributed by atoms with Crippen LogP contribution in [0.3, 0.4) is 0 Å². The summed E-state index contributed by atoms with van der Waals surface area (Å²) >= 11 is 0. The van der Waals surface area contributed by atoms with Gasteiger partial charge in [0, 0.05) is 24.2 Å². The minimum atomic E-state index is -0.0299. The molecule has 3 nitrogen and oxygen atoms in total. The molecule has 0 N–H and O–H groups in total. The van der Waals surface area contributed by atoms with E-state index in [0.29, 0.717) is 5.92 Å². The molecule has 21 heavy (non-hydrogen) atoms. The van der Waals surface area contributed by atoms with Crippen molar-refractivity contribution >= 4 is 0 Å². The Labute approximate surface area is 127 Å². The Hall–Kier alpha value is -1.06.